The molecule has 0 aliphatic carbocycles. The fraction of sp³-hybridized carbons (Fsp3) is 0.278. The second-order valence-electron chi connectivity index (χ2n) is 5.46. The van der Waals surface area contributed by atoms with Gasteiger partial charge in [-0.15, -0.1) is 0 Å². The van der Waals surface area contributed by atoms with E-state index in [1.807, 2.05) is 12.1 Å². The minimum absolute atomic E-state index is 0.0144. The maximum Gasteiger partial charge on any atom is 0.286 e. The molecule has 2 amide bonds. The van der Waals surface area contributed by atoms with E-state index in [1.54, 1.807) is 30.5 Å². The molecule has 0 atom stereocenters. The fourth-order valence-electron chi connectivity index (χ4n) is 2.25. The molecule has 1 aromatic heterocycles. The van der Waals surface area contributed by atoms with Gasteiger partial charge >= 0.3 is 0 Å². The summed E-state index contributed by atoms with van der Waals surface area (Å²) >= 11 is 0. The molecule has 0 fully saturated rings. The van der Waals surface area contributed by atoms with Crippen molar-refractivity contribution in [1.82, 2.24) is 15.8 Å². The Morgan fingerprint density at radius 3 is 2.38 bits per heavy atom. The number of nitrogens with one attached hydrogen (secondary N) is 3. The van der Waals surface area contributed by atoms with Crippen LogP contribution in [0.1, 0.15) is 52.6 Å². The van der Waals surface area contributed by atoms with Gasteiger partial charge in [0.2, 0.25) is 5.91 Å². The molecule has 3 N–H and O–H groups in total. The number of amides is 2. The first-order chi connectivity index (χ1) is 11.6. The molecular formula is C18H21N3O3. The van der Waals surface area contributed by atoms with Crippen molar-refractivity contribution < 1.29 is 14.4 Å². The van der Waals surface area contributed by atoms with E-state index in [1.165, 1.54) is 5.56 Å². The first-order valence-electron chi connectivity index (χ1n) is 7.95. The molecule has 0 bridgehead atoms. The van der Waals surface area contributed by atoms with E-state index in [4.69, 9.17) is 0 Å². The van der Waals surface area contributed by atoms with Gasteiger partial charge in [-0.25, -0.2) is 0 Å². The Hall–Kier alpha value is -2.89. The molecule has 1 aromatic carbocycles. The Bertz CT molecular complexity index is 691. The van der Waals surface area contributed by atoms with Crippen molar-refractivity contribution in [1.29, 1.82) is 0 Å². The van der Waals surface area contributed by atoms with Crippen molar-refractivity contribution >= 4 is 17.6 Å². The number of hydrazine groups is 1. The molecule has 0 unspecified atom stereocenters. The Morgan fingerprint density at radius 2 is 1.75 bits per heavy atom. The third-order valence-corrected chi connectivity index (χ3v) is 3.55. The first kappa shape index (κ1) is 17.5. The van der Waals surface area contributed by atoms with Crippen molar-refractivity contribution in [2.75, 3.05) is 0 Å². The van der Waals surface area contributed by atoms with Gasteiger partial charge in [0, 0.05) is 24.6 Å². The van der Waals surface area contributed by atoms with Gasteiger partial charge in [-0.1, -0.05) is 37.6 Å². The lowest BCUT2D eigenvalue weighted by Gasteiger charge is -2.06. The monoisotopic (exact) mass is 327 g/mol. The summed E-state index contributed by atoms with van der Waals surface area (Å²) in [7, 11) is 0. The maximum absolute atomic E-state index is 12.1. The van der Waals surface area contributed by atoms with Gasteiger partial charge in [-0.2, -0.15) is 0 Å². The number of carbonyl (C=O) groups is 3. The predicted octanol–water partition coefficient (Wildman–Crippen LogP) is 2.39. The number of H-pyrrole nitrogens is 1. The number of carbonyl (C=O) groups excluding carboxylic acids is 3. The van der Waals surface area contributed by atoms with Crippen molar-refractivity contribution in [2.24, 2.45) is 0 Å². The van der Waals surface area contributed by atoms with E-state index in [0.29, 0.717) is 11.3 Å². The smallest absolute Gasteiger partial charge is 0.286 e. The highest BCUT2D eigenvalue weighted by Gasteiger charge is 2.11. The molecule has 0 spiro atoms. The standard InChI is InChI=1S/C18H21N3O3/c1-2-4-13-6-8-14(9-7-13)16(22)10-11-17(23)20-21-18(24)15-5-3-12-19-15/h3,5-9,12,19H,2,4,10-11H2,1H3,(H,20,23)(H,21,24). The lowest BCUT2D eigenvalue weighted by atomic mass is 10.0. The van der Waals surface area contributed by atoms with E-state index in [9.17, 15) is 14.4 Å². The molecule has 0 radical (unpaired) electrons. The van der Waals surface area contributed by atoms with Crippen LogP contribution < -0.4 is 10.9 Å². The average molecular weight is 327 g/mol. The van der Waals surface area contributed by atoms with Gasteiger partial charge in [0.15, 0.2) is 5.78 Å². The molecule has 6 heteroatoms. The zero-order valence-corrected chi connectivity index (χ0v) is 13.6. The number of aryl methyl sites for hydroxylation is 1. The van der Waals surface area contributed by atoms with Gasteiger partial charge in [0.05, 0.1) is 0 Å². The highest BCUT2D eigenvalue weighted by Crippen LogP contribution is 2.09. The summed E-state index contributed by atoms with van der Waals surface area (Å²) in [4.78, 5) is 38.1. The second kappa shape index (κ2) is 8.67. The Kier molecular flexibility index (Phi) is 6.31. The lowest BCUT2D eigenvalue weighted by Crippen LogP contribution is -2.41. The van der Waals surface area contributed by atoms with E-state index in [-0.39, 0.29) is 18.6 Å². The SMILES string of the molecule is CCCc1ccc(C(=O)CCC(=O)NNC(=O)c2ccc[nH]2)cc1. The Labute approximate surface area is 140 Å². The number of hydrogen-bond acceptors (Lipinski definition) is 3. The molecule has 2 rings (SSSR count). The highest BCUT2D eigenvalue weighted by molar-refractivity contribution is 5.98. The number of Topliss-reactive ketones (excluding diaryl/α,β-unsaturated/α-hetero) is 1. The fourth-order valence-corrected chi connectivity index (χ4v) is 2.25. The van der Waals surface area contributed by atoms with Crippen LogP contribution in [0.5, 0.6) is 0 Å². The van der Waals surface area contributed by atoms with Gasteiger partial charge in [-0.05, 0) is 24.1 Å². The molecule has 6 nitrogen and oxygen atoms in total. The van der Waals surface area contributed by atoms with Crippen LogP contribution >= 0.6 is 0 Å². The number of hydrogen-bond donors (Lipinski definition) is 3. The Balaban J connectivity index is 1.74. The van der Waals surface area contributed by atoms with Crippen molar-refractivity contribution in [3.63, 3.8) is 0 Å². The third-order valence-electron chi connectivity index (χ3n) is 3.55. The van der Waals surface area contributed by atoms with Crippen LogP contribution in [0, 0.1) is 0 Å². The number of aromatic nitrogens is 1. The minimum atomic E-state index is -0.439. The third kappa shape index (κ3) is 5.08. The predicted molar refractivity (Wildman–Crippen MR) is 90.4 cm³/mol. The highest BCUT2D eigenvalue weighted by atomic mass is 16.2. The maximum atomic E-state index is 12.1. The molecule has 0 saturated heterocycles. The number of benzene rings is 1. The first-order valence-corrected chi connectivity index (χ1v) is 7.95. The number of rotatable bonds is 7. The summed E-state index contributed by atoms with van der Waals surface area (Å²) in [5, 5.41) is 0. The van der Waals surface area contributed by atoms with Crippen molar-refractivity contribution in [3.8, 4) is 0 Å². The van der Waals surface area contributed by atoms with Crippen LogP contribution in [0.15, 0.2) is 42.6 Å². The molecule has 2 aromatic rings. The normalized spacial score (nSPS) is 10.2. The molecule has 24 heavy (non-hydrogen) atoms. The van der Waals surface area contributed by atoms with Gasteiger partial charge in [0.1, 0.15) is 5.69 Å². The van der Waals surface area contributed by atoms with E-state index in [2.05, 4.69) is 22.8 Å². The lowest BCUT2D eigenvalue weighted by molar-refractivity contribution is -0.121. The zero-order valence-electron chi connectivity index (χ0n) is 13.6. The second-order valence-corrected chi connectivity index (χ2v) is 5.46. The molecule has 0 saturated carbocycles. The summed E-state index contributed by atoms with van der Waals surface area (Å²) in [5.41, 5.74) is 6.72. The number of ketones is 1. The van der Waals surface area contributed by atoms with Crippen LogP contribution in [0.2, 0.25) is 0 Å². The largest absolute Gasteiger partial charge is 0.357 e. The Morgan fingerprint density at radius 1 is 1.00 bits per heavy atom. The molecule has 126 valence electrons. The van der Waals surface area contributed by atoms with Crippen LogP contribution in [0.4, 0.5) is 0 Å². The molecule has 0 aliphatic rings. The van der Waals surface area contributed by atoms with Gasteiger partial charge in [-0.3, -0.25) is 25.2 Å². The summed E-state index contributed by atoms with van der Waals surface area (Å²) in [6.07, 6.45) is 3.76. The number of aromatic amines is 1. The molecule has 1 heterocycles. The van der Waals surface area contributed by atoms with Gasteiger partial charge < -0.3 is 4.98 Å². The quantitative estimate of drug-likeness (QED) is 0.538. The zero-order chi connectivity index (χ0) is 17.4. The van der Waals surface area contributed by atoms with Crippen molar-refractivity contribution in [3.05, 3.63) is 59.4 Å². The van der Waals surface area contributed by atoms with E-state index in [0.717, 1.165) is 12.8 Å². The molecular weight excluding hydrogens is 306 g/mol. The summed E-state index contributed by atoms with van der Waals surface area (Å²) < 4.78 is 0. The van der Waals surface area contributed by atoms with Crippen molar-refractivity contribution in [2.45, 2.75) is 32.6 Å². The molecule has 0 aliphatic heterocycles. The van der Waals surface area contributed by atoms with Gasteiger partial charge in [0.25, 0.3) is 5.91 Å². The van der Waals surface area contributed by atoms with Crippen LogP contribution in [-0.4, -0.2) is 22.6 Å². The topological polar surface area (TPSA) is 91.1 Å². The van der Waals surface area contributed by atoms with Crippen LogP contribution in [0.3, 0.4) is 0 Å². The summed E-state index contributed by atoms with van der Waals surface area (Å²) in [5.74, 6) is -0.944. The van der Waals surface area contributed by atoms with Crippen LogP contribution in [0.25, 0.3) is 0 Å². The van der Waals surface area contributed by atoms with E-state index >= 15 is 0 Å². The summed E-state index contributed by atoms with van der Waals surface area (Å²) in [6, 6.07) is 10.7. The minimum Gasteiger partial charge on any atom is -0.357 e. The van der Waals surface area contributed by atoms with E-state index < -0.39 is 11.8 Å². The van der Waals surface area contributed by atoms with Crippen LogP contribution in [-0.2, 0) is 11.2 Å². The summed E-state index contributed by atoms with van der Waals surface area (Å²) in [6.45, 7) is 2.10. The average Bonchev–Trinajstić information content (AvgIpc) is 3.13.